The molecule has 0 fully saturated rings. The predicted molar refractivity (Wildman–Crippen MR) is 256 cm³/mol. The first-order valence-corrected chi connectivity index (χ1v) is 21.6. The van der Waals surface area contributed by atoms with Gasteiger partial charge in [0.1, 0.15) is 0 Å². The highest BCUT2D eigenvalue weighted by Crippen LogP contribution is 2.51. The Kier molecular flexibility index (Phi) is 6.86. The lowest BCUT2D eigenvalue weighted by molar-refractivity contribution is 1.68. The maximum absolute atomic E-state index is 2.48. The summed E-state index contributed by atoms with van der Waals surface area (Å²) in [7, 11) is 0. The molecule has 0 aliphatic carbocycles. The van der Waals surface area contributed by atoms with Gasteiger partial charge in [-0.05, 0) is 99.4 Å². The molecule has 0 radical (unpaired) electrons. The Morgan fingerprint density at radius 1 is 0.241 bits per heavy atom. The lowest BCUT2D eigenvalue weighted by Crippen LogP contribution is -1.93. The molecule has 0 aliphatic rings. The summed E-state index contributed by atoms with van der Waals surface area (Å²) in [5.41, 5.74) is 7.66. The van der Waals surface area contributed by atoms with E-state index in [1.807, 2.05) is 22.7 Å². The van der Waals surface area contributed by atoms with Crippen molar-refractivity contribution in [1.29, 1.82) is 0 Å². The van der Waals surface area contributed by atoms with Gasteiger partial charge in [-0.3, -0.25) is 0 Å². The Bertz CT molecular complexity index is 3800. The smallest absolute Gasteiger partial charge is 0.0534 e. The second-order valence-electron chi connectivity index (χ2n) is 15.4. The Labute approximate surface area is 342 Å². The van der Waals surface area contributed by atoms with Crippen molar-refractivity contribution in [2.24, 2.45) is 0 Å². The average molecular weight is 769 g/mol. The Hall–Kier alpha value is -6.84. The highest BCUT2D eigenvalue weighted by molar-refractivity contribution is 7.33. The third-order valence-corrected chi connectivity index (χ3v) is 15.0. The van der Waals surface area contributed by atoms with Gasteiger partial charge in [0.15, 0.2) is 0 Å². The van der Waals surface area contributed by atoms with Gasteiger partial charge in [-0.15, -0.1) is 22.7 Å². The van der Waals surface area contributed by atoms with Gasteiger partial charge in [0.2, 0.25) is 0 Å². The van der Waals surface area contributed by atoms with E-state index in [0.29, 0.717) is 0 Å². The zero-order valence-electron chi connectivity index (χ0n) is 31.3. The predicted octanol–water partition coefficient (Wildman–Crippen LogP) is 17.2. The van der Waals surface area contributed by atoms with E-state index < -0.39 is 0 Å². The van der Waals surface area contributed by atoms with Crippen molar-refractivity contribution < 1.29 is 0 Å². The zero-order chi connectivity index (χ0) is 37.9. The van der Waals surface area contributed by atoms with Gasteiger partial charge < -0.3 is 0 Å². The highest BCUT2D eigenvalue weighted by Gasteiger charge is 2.22. The van der Waals surface area contributed by atoms with Crippen molar-refractivity contribution in [2.45, 2.75) is 0 Å². The van der Waals surface area contributed by atoms with Crippen molar-refractivity contribution in [2.75, 3.05) is 0 Å². The van der Waals surface area contributed by atoms with Crippen LogP contribution in [0.25, 0.3) is 128 Å². The van der Waals surface area contributed by atoms with Gasteiger partial charge in [-0.2, -0.15) is 0 Å². The Balaban J connectivity index is 1.09. The molecule has 0 aliphatic heterocycles. The maximum Gasteiger partial charge on any atom is 0.0534 e. The summed E-state index contributed by atoms with van der Waals surface area (Å²) in [4.78, 5) is 0. The molecule has 0 N–H and O–H groups in total. The SMILES string of the molecule is c1ccc2c(-c3c4ccccc4c(-c4ccc(-c5cc6sc7c(ccc8c9ccccc9sc87)c6c6ccccc56)c5ccccc45)c4ccccc34)cccc2c1. The molecule has 0 atom stereocenters. The molecule has 13 aromatic rings. The van der Waals surface area contributed by atoms with Gasteiger partial charge in [-0.25, -0.2) is 0 Å². The van der Waals surface area contributed by atoms with E-state index in [2.05, 4.69) is 194 Å². The summed E-state index contributed by atoms with van der Waals surface area (Å²) in [5, 5.41) is 18.2. The van der Waals surface area contributed by atoms with E-state index >= 15 is 0 Å². The van der Waals surface area contributed by atoms with E-state index in [0.717, 1.165) is 0 Å². The number of hydrogen-bond acceptors (Lipinski definition) is 2. The molecule has 0 spiro atoms. The normalized spacial score (nSPS) is 12.1. The van der Waals surface area contributed by atoms with Gasteiger partial charge >= 0.3 is 0 Å². The van der Waals surface area contributed by atoms with Crippen LogP contribution in [-0.4, -0.2) is 0 Å². The van der Waals surface area contributed by atoms with Crippen LogP contribution in [0.4, 0.5) is 0 Å². The van der Waals surface area contributed by atoms with Crippen molar-refractivity contribution >= 4 is 117 Å². The molecule has 11 aromatic carbocycles. The molecule has 2 heteroatoms. The second-order valence-corrected chi connectivity index (χ2v) is 17.5. The number of fused-ring (bicyclic) bond motifs is 13. The molecule has 0 saturated heterocycles. The minimum Gasteiger partial charge on any atom is -0.134 e. The zero-order valence-corrected chi connectivity index (χ0v) is 32.9. The molecular weight excluding hydrogens is 737 g/mol. The molecular formula is C56H32S2. The van der Waals surface area contributed by atoms with Crippen LogP contribution < -0.4 is 0 Å². The van der Waals surface area contributed by atoms with Gasteiger partial charge in [-0.1, -0.05) is 182 Å². The third kappa shape index (κ3) is 4.50. The van der Waals surface area contributed by atoms with Crippen LogP contribution in [-0.2, 0) is 0 Å². The molecule has 2 heterocycles. The van der Waals surface area contributed by atoms with Crippen LogP contribution in [0.5, 0.6) is 0 Å². The lowest BCUT2D eigenvalue weighted by Gasteiger charge is -2.20. The van der Waals surface area contributed by atoms with E-state index in [9.17, 15) is 0 Å². The quantitative estimate of drug-likeness (QED) is 0.157. The fourth-order valence-corrected chi connectivity index (χ4v) is 12.6. The molecule has 0 amide bonds. The van der Waals surface area contributed by atoms with Crippen LogP contribution in [0, 0.1) is 0 Å². The van der Waals surface area contributed by atoms with Crippen LogP contribution in [0.15, 0.2) is 194 Å². The fraction of sp³-hybridized carbons (Fsp3) is 0. The molecule has 0 bridgehead atoms. The van der Waals surface area contributed by atoms with E-state index in [-0.39, 0.29) is 0 Å². The molecule has 2 aromatic heterocycles. The molecule has 0 saturated carbocycles. The van der Waals surface area contributed by atoms with E-state index in [1.165, 1.54) is 128 Å². The molecule has 268 valence electrons. The first kappa shape index (κ1) is 32.3. The van der Waals surface area contributed by atoms with E-state index in [4.69, 9.17) is 0 Å². The first-order chi connectivity index (χ1) is 28.8. The number of benzene rings is 11. The molecule has 0 nitrogen and oxygen atoms in total. The summed E-state index contributed by atoms with van der Waals surface area (Å²) in [6.45, 7) is 0. The summed E-state index contributed by atoms with van der Waals surface area (Å²) in [6.07, 6.45) is 0. The lowest BCUT2D eigenvalue weighted by atomic mass is 9.82. The first-order valence-electron chi connectivity index (χ1n) is 19.9. The van der Waals surface area contributed by atoms with Crippen molar-refractivity contribution in [1.82, 2.24) is 0 Å². The minimum atomic E-state index is 1.26. The highest BCUT2D eigenvalue weighted by atomic mass is 32.1. The van der Waals surface area contributed by atoms with Gasteiger partial charge in [0.25, 0.3) is 0 Å². The largest absolute Gasteiger partial charge is 0.134 e. The number of thiophene rings is 2. The summed E-state index contributed by atoms with van der Waals surface area (Å²) < 4.78 is 5.47. The summed E-state index contributed by atoms with van der Waals surface area (Å²) >= 11 is 3.87. The summed E-state index contributed by atoms with van der Waals surface area (Å²) in [6, 6.07) is 72.5. The Morgan fingerprint density at radius 2 is 0.690 bits per heavy atom. The summed E-state index contributed by atoms with van der Waals surface area (Å²) in [5.74, 6) is 0. The van der Waals surface area contributed by atoms with Gasteiger partial charge in [0.05, 0.1) is 9.40 Å². The van der Waals surface area contributed by atoms with Crippen molar-refractivity contribution in [3.8, 4) is 33.4 Å². The van der Waals surface area contributed by atoms with Crippen LogP contribution in [0.3, 0.4) is 0 Å². The standard InChI is InChI=1S/C56H32S2/c1-2-16-34-33(14-1)15-13-26-40(34)52-42-22-7-9-24-44(42)53(45-25-10-8-23-43(45)52)46-29-28-38(35-17-3-4-18-36(35)46)49-32-51-54(41-21-6-5-19-37(41)49)48-31-30-47-39-20-11-12-27-50(39)57-55(47)56(48)58-51/h1-32H. The average Bonchev–Trinajstić information content (AvgIpc) is 3.86. The van der Waals surface area contributed by atoms with Crippen molar-refractivity contribution in [3.63, 3.8) is 0 Å². The Morgan fingerprint density at radius 3 is 1.38 bits per heavy atom. The maximum atomic E-state index is 2.48. The fourth-order valence-electron chi connectivity index (χ4n) is 10.0. The van der Waals surface area contributed by atoms with Crippen LogP contribution >= 0.6 is 22.7 Å². The molecule has 0 unspecified atom stereocenters. The number of rotatable bonds is 3. The van der Waals surface area contributed by atoms with Crippen molar-refractivity contribution in [3.05, 3.63) is 194 Å². The monoisotopic (exact) mass is 768 g/mol. The third-order valence-electron chi connectivity index (χ3n) is 12.5. The second kappa shape index (κ2) is 12.3. The topological polar surface area (TPSA) is 0 Å². The van der Waals surface area contributed by atoms with Gasteiger partial charge in [0, 0.05) is 30.9 Å². The van der Waals surface area contributed by atoms with Crippen LogP contribution in [0.1, 0.15) is 0 Å². The van der Waals surface area contributed by atoms with E-state index in [1.54, 1.807) is 0 Å². The number of hydrogen-bond donors (Lipinski definition) is 0. The van der Waals surface area contributed by atoms with Crippen LogP contribution in [0.2, 0.25) is 0 Å². The molecule has 13 rings (SSSR count). The minimum absolute atomic E-state index is 1.26. The molecule has 58 heavy (non-hydrogen) atoms.